The van der Waals surface area contributed by atoms with Crippen molar-refractivity contribution in [2.75, 3.05) is 23.4 Å². The number of halogens is 1. The van der Waals surface area contributed by atoms with Crippen LogP contribution in [0, 0.1) is 19.7 Å². The van der Waals surface area contributed by atoms with Gasteiger partial charge in [0, 0.05) is 11.4 Å². The molecule has 176 valence electrons. The molecular formula is C25H26FN5O3. The number of aryl methyl sites for hydroxylation is 1. The lowest BCUT2D eigenvalue weighted by atomic mass is 9.95. The molecule has 0 bridgehead atoms. The first-order valence-corrected chi connectivity index (χ1v) is 11.0. The predicted octanol–water partition coefficient (Wildman–Crippen LogP) is 3.92. The van der Waals surface area contributed by atoms with Gasteiger partial charge >= 0.3 is 5.97 Å². The molecule has 1 aliphatic rings. The van der Waals surface area contributed by atoms with Crippen LogP contribution in [0.15, 0.2) is 60.1 Å². The van der Waals surface area contributed by atoms with E-state index in [0.29, 0.717) is 22.8 Å². The number of ether oxygens (including phenoxy) is 1. The summed E-state index contributed by atoms with van der Waals surface area (Å²) in [5, 5.41) is 7.27. The fourth-order valence-electron chi connectivity index (χ4n) is 4.07. The molecule has 2 heterocycles. The fourth-order valence-corrected chi connectivity index (χ4v) is 4.07. The standard InChI is InChI=1S/C25H26FN5O3/c1-5-34-24(33)22-17(4)30(13-21(32)29-20-8-6-7-15(2)16(20)3)25-27-14-28-31(25)23(22)18-9-11-19(26)12-10-18/h6-12,14,23H,5,13H2,1-4H3,(H,29,32)/t23-/m1/s1. The Labute approximate surface area is 197 Å². The third-order valence-electron chi connectivity index (χ3n) is 5.97. The van der Waals surface area contributed by atoms with Crippen LogP contribution in [0.2, 0.25) is 0 Å². The highest BCUT2D eigenvalue weighted by Gasteiger charge is 2.38. The first-order valence-electron chi connectivity index (χ1n) is 11.0. The number of hydrogen-bond donors (Lipinski definition) is 1. The topological polar surface area (TPSA) is 89.3 Å². The SMILES string of the molecule is CCOC(=O)C1=C(C)N(CC(=O)Nc2cccc(C)c2C)c2ncnn2[C@@H]1c1ccc(F)cc1. The maximum atomic E-state index is 13.6. The van der Waals surface area contributed by atoms with Crippen molar-refractivity contribution in [1.29, 1.82) is 0 Å². The van der Waals surface area contributed by atoms with Crippen LogP contribution < -0.4 is 10.2 Å². The van der Waals surface area contributed by atoms with Crippen molar-refractivity contribution < 1.29 is 18.7 Å². The number of fused-ring (bicyclic) bond motifs is 1. The second kappa shape index (κ2) is 9.46. The summed E-state index contributed by atoms with van der Waals surface area (Å²) < 4.78 is 20.5. The van der Waals surface area contributed by atoms with Crippen molar-refractivity contribution in [2.24, 2.45) is 0 Å². The molecule has 0 fully saturated rings. The monoisotopic (exact) mass is 463 g/mol. The van der Waals surface area contributed by atoms with Gasteiger partial charge in [-0.05, 0) is 62.6 Å². The van der Waals surface area contributed by atoms with Crippen LogP contribution in [0.5, 0.6) is 0 Å². The lowest BCUT2D eigenvalue weighted by Crippen LogP contribution is -2.41. The minimum atomic E-state index is -0.671. The number of hydrogen-bond acceptors (Lipinski definition) is 6. The number of rotatable bonds is 6. The number of benzene rings is 2. The average Bonchev–Trinajstić information content (AvgIpc) is 3.29. The molecule has 2 aromatic carbocycles. The molecule has 0 saturated heterocycles. The second-order valence-corrected chi connectivity index (χ2v) is 8.06. The smallest absolute Gasteiger partial charge is 0.338 e. The van der Waals surface area contributed by atoms with E-state index in [4.69, 9.17) is 4.74 Å². The summed E-state index contributed by atoms with van der Waals surface area (Å²) in [5.74, 6) is -0.793. The molecule has 0 saturated carbocycles. The third kappa shape index (κ3) is 4.28. The predicted molar refractivity (Wildman–Crippen MR) is 126 cm³/mol. The number of aromatic nitrogens is 3. The summed E-state index contributed by atoms with van der Waals surface area (Å²) in [6, 6.07) is 10.9. The van der Waals surface area contributed by atoms with Gasteiger partial charge in [-0.25, -0.2) is 13.9 Å². The molecule has 0 aliphatic carbocycles. The van der Waals surface area contributed by atoms with E-state index in [9.17, 15) is 14.0 Å². The molecule has 0 spiro atoms. The van der Waals surface area contributed by atoms with E-state index in [0.717, 1.165) is 16.8 Å². The molecule has 3 aromatic rings. The number of nitrogens with one attached hydrogen (secondary N) is 1. The summed E-state index contributed by atoms with van der Waals surface area (Å²) >= 11 is 0. The quantitative estimate of drug-likeness (QED) is 0.558. The number of allylic oxidation sites excluding steroid dienone is 1. The van der Waals surface area contributed by atoms with Crippen molar-refractivity contribution in [1.82, 2.24) is 14.8 Å². The van der Waals surface area contributed by atoms with Gasteiger partial charge in [0.05, 0.1) is 12.2 Å². The highest BCUT2D eigenvalue weighted by atomic mass is 19.1. The number of carbonyl (C=O) groups is 2. The molecule has 8 nitrogen and oxygen atoms in total. The molecular weight excluding hydrogens is 437 g/mol. The molecule has 1 N–H and O–H groups in total. The summed E-state index contributed by atoms with van der Waals surface area (Å²) in [5.41, 5.74) is 4.25. The number of nitrogens with zero attached hydrogens (tertiary/aromatic N) is 4. The Bertz CT molecular complexity index is 1270. The van der Waals surface area contributed by atoms with Crippen LogP contribution in [0.3, 0.4) is 0 Å². The van der Waals surface area contributed by atoms with Crippen molar-refractivity contribution in [3.8, 4) is 0 Å². The summed E-state index contributed by atoms with van der Waals surface area (Å²) in [7, 11) is 0. The van der Waals surface area contributed by atoms with Gasteiger partial charge in [0.15, 0.2) is 0 Å². The molecule has 1 amide bonds. The van der Waals surface area contributed by atoms with Gasteiger partial charge in [0.2, 0.25) is 11.9 Å². The van der Waals surface area contributed by atoms with E-state index >= 15 is 0 Å². The number of carbonyl (C=O) groups excluding carboxylic acids is 2. The Morgan fingerprint density at radius 1 is 1.12 bits per heavy atom. The third-order valence-corrected chi connectivity index (χ3v) is 5.97. The van der Waals surface area contributed by atoms with E-state index in [1.807, 2.05) is 32.0 Å². The molecule has 1 atom stereocenters. The largest absolute Gasteiger partial charge is 0.463 e. The van der Waals surface area contributed by atoms with E-state index in [-0.39, 0.29) is 24.9 Å². The fraction of sp³-hybridized carbons (Fsp3) is 0.280. The summed E-state index contributed by atoms with van der Waals surface area (Å²) in [4.78, 5) is 32.1. The molecule has 0 radical (unpaired) electrons. The van der Waals surface area contributed by atoms with E-state index < -0.39 is 12.0 Å². The van der Waals surface area contributed by atoms with Gasteiger partial charge in [-0.1, -0.05) is 24.3 Å². The number of anilines is 2. The Kier molecular flexibility index (Phi) is 6.45. The van der Waals surface area contributed by atoms with Gasteiger partial charge in [-0.2, -0.15) is 10.1 Å². The minimum Gasteiger partial charge on any atom is -0.463 e. The molecule has 1 aromatic heterocycles. The number of esters is 1. The van der Waals surface area contributed by atoms with Crippen molar-refractivity contribution in [2.45, 2.75) is 33.7 Å². The Balaban J connectivity index is 1.73. The van der Waals surface area contributed by atoms with Crippen molar-refractivity contribution in [3.05, 3.63) is 82.6 Å². The summed E-state index contributed by atoms with van der Waals surface area (Å²) in [6.45, 7) is 7.48. The van der Waals surface area contributed by atoms with Crippen LogP contribution in [-0.2, 0) is 14.3 Å². The van der Waals surface area contributed by atoms with E-state index in [1.165, 1.54) is 18.5 Å². The minimum absolute atomic E-state index is 0.0864. The first-order chi connectivity index (χ1) is 16.3. The zero-order chi connectivity index (χ0) is 24.4. The van der Waals surface area contributed by atoms with E-state index in [2.05, 4.69) is 15.4 Å². The Hall–Kier alpha value is -4.01. The molecule has 4 rings (SSSR count). The first kappa shape index (κ1) is 23.2. The molecule has 34 heavy (non-hydrogen) atoms. The van der Waals surface area contributed by atoms with Crippen LogP contribution >= 0.6 is 0 Å². The van der Waals surface area contributed by atoms with Crippen LogP contribution in [0.25, 0.3) is 0 Å². The van der Waals surface area contributed by atoms with Crippen LogP contribution in [0.4, 0.5) is 16.0 Å². The summed E-state index contributed by atoms with van der Waals surface area (Å²) in [6.07, 6.45) is 1.36. The molecule has 0 unspecified atom stereocenters. The Morgan fingerprint density at radius 3 is 2.56 bits per heavy atom. The number of amides is 1. The normalized spacial score (nSPS) is 15.2. The molecule has 9 heteroatoms. The highest BCUT2D eigenvalue weighted by Crippen LogP contribution is 2.38. The highest BCUT2D eigenvalue weighted by molar-refractivity contribution is 5.97. The van der Waals surface area contributed by atoms with Gasteiger partial charge in [-0.15, -0.1) is 0 Å². The van der Waals surface area contributed by atoms with Crippen molar-refractivity contribution >= 4 is 23.5 Å². The van der Waals surface area contributed by atoms with Gasteiger partial charge < -0.3 is 15.0 Å². The lowest BCUT2D eigenvalue weighted by Gasteiger charge is -2.35. The van der Waals surface area contributed by atoms with E-state index in [1.54, 1.807) is 35.6 Å². The lowest BCUT2D eigenvalue weighted by molar-refractivity contribution is -0.139. The van der Waals surface area contributed by atoms with Gasteiger partial charge in [-0.3, -0.25) is 4.79 Å². The van der Waals surface area contributed by atoms with Crippen LogP contribution in [-0.4, -0.2) is 39.8 Å². The Morgan fingerprint density at radius 2 is 1.85 bits per heavy atom. The van der Waals surface area contributed by atoms with Crippen LogP contribution in [0.1, 0.15) is 36.6 Å². The maximum absolute atomic E-state index is 13.6. The average molecular weight is 464 g/mol. The zero-order valence-electron chi connectivity index (χ0n) is 19.5. The molecule has 1 aliphatic heterocycles. The maximum Gasteiger partial charge on any atom is 0.338 e. The second-order valence-electron chi connectivity index (χ2n) is 8.06. The zero-order valence-corrected chi connectivity index (χ0v) is 19.5. The van der Waals surface area contributed by atoms with Gasteiger partial charge in [0.1, 0.15) is 24.7 Å². The van der Waals surface area contributed by atoms with Gasteiger partial charge in [0.25, 0.3) is 0 Å². The van der Waals surface area contributed by atoms with Crippen molar-refractivity contribution in [3.63, 3.8) is 0 Å².